The van der Waals surface area contributed by atoms with Crippen LogP contribution in [0.1, 0.15) is 18.5 Å². The molecule has 4 heteroatoms. The second kappa shape index (κ2) is 6.28. The highest BCUT2D eigenvalue weighted by Crippen LogP contribution is 2.28. The first-order valence-corrected chi connectivity index (χ1v) is 6.14. The number of ether oxygens (including phenoxy) is 1. The molecule has 0 saturated heterocycles. The van der Waals surface area contributed by atoms with Crippen LogP contribution in [0.3, 0.4) is 0 Å². The second-order valence-electron chi connectivity index (χ2n) is 3.51. The number of nitrogens with one attached hydrogen (secondary N) is 1. The van der Waals surface area contributed by atoms with Crippen LogP contribution in [0, 0.1) is 0 Å². The first kappa shape index (κ1) is 13.6. The van der Waals surface area contributed by atoms with E-state index in [0.717, 1.165) is 10.0 Å². The molecule has 16 heavy (non-hydrogen) atoms. The van der Waals surface area contributed by atoms with Crippen molar-refractivity contribution in [3.63, 3.8) is 0 Å². The molecule has 1 unspecified atom stereocenters. The second-order valence-corrected chi connectivity index (χ2v) is 5.03. The van der Waals surface area contributed by atoms with Gasteiger partial charge in [0.15, 0.2) is 0 Å². The molecule has 0 aliphatic heterocycles. The molecule has 0 spiro atoms. The molecule has 0 aliphatic rings. The molecule has 0 radical (unpaired) electrons. The monoisotopic (exact) mass is 303 g/mol. The normalized spacial score (nSPS) is 12.2. The number of halogens is 2. The van der Waals surface area contributed by atoms with E-state index in [0.29, 0.717) is 17.4 Å². The van der Waals surface area contributed by atoms with E-state index in [1.165, 1.54) is 0 Å². The molecule has 0 fully saturated rings. The summed E-state index contributed by atoms with van der Waals surface area (Å²) in [7, 11) is 1.91. The predicted octanol–water partition coefficient (Wildman–Crippen LogP) is 3.91. The fraction of sp³-hybridized carbons (Fsp3) is 0.333. The van der Waals surface area contributed by atoms with Gasteiger partial charge in [-0.2, -0.15) is 0 Å². The smallest absolute Gasteiger partial charge is 0.138 e. The van der Waals surface area contributed by atoms with Crippen molar-refractivity contribution in [1.29, 1.82) is 0 Å². The zero-order valence-corrected chi connectivity index (χ0v) is 11.7. The van der Waals surface area contributed by atoms with E-state index in [1.54, 1.807) is 0 Å². The molecule has 1 rings (SSSR count). The van der Waals surface area contributed by atoms with Crippen molar-refractivity contribution in [3.05, 3.63) is 39.8 Å². The summed E-state index contributed by atoms with van der Waals surface area (Å²) in [5.41, 5.74) is 1.14. The summed E-state index contributed by atoms with van der Waals surface area (Å²) in [5.74, 6) is 0.675. The van der Waals surface area contributed by atoms with Gasteiger partial charge in [0.05, 0.1) is 5.02 Å². The summed E-state index contributed by atoms with van der Waals surface area (Å²) in [6.45, 7) is 6.19. The molecule has 0 aliphatic carbocycles. The van der Waals surface area contributed by atoms with Crippen LogP contribution in [-0.2, 0) is 0 Å². The van der Waals surface area contributed by atoms with Gasteiger partial charge in [-0.25, -0.2) is 0 Å². The van der Waals surface area contributed by atoms with E-state index >= 15 is 0 Å². The molecular weight excluding hydrogens is 289 g/mol. The lowest BCUT2D eigenvalue weighted by molar-refractivity contribution is 0.361. The fourth-order valence-electron chi connectivity index (χ4n) is 1.23. The molecule has 1 N–H and O–H groups in total. The van der Waals surface area contributed by atoms with E-state index in [9.17, 15) is 0 Å². The summed E-state index contributed by atoms with van der Waals surface area (Å²) < 4.78 is 6.26. The quantitative estimate of drug-likeness (QED) is 0.890. The van der Waals surface area contributed by atoms with Gasteiger partial charge in [-0.3, -0.25) is 0 Å². The Kier molecular flexibility index (Phi) is 5.32. The Labute approximate surface area is 110 Å². The molecular formula is C12H15BrClNO. The zero-order chi connectivity index (χ0) is 12.1. The molecule has 88 valence electrons. The summed E-state index contributed by atoms with van der Waals surface area (Å²) in [4.78, 5) is 0. The van der Waals surface area contributed by atoms with Crippen molar-refractivity contribution in [2.45, 2.75) is 13.0 Å². The lowest BCUT2D eigenvalue weighted by Crippen LogP contribution is -2.12. The van der Waals surface area contributed by atoms with Gasteiger partial charge in [0, 0.05) is 10.5 Å². The Morgan fingerprint density at radius 2 is 2.31 bits per heavy atom. The van der Waals surface area contributed by atoms with E-state index in [2.05, 4.69) is 34.7 Å². The summed E-state index contributed by atoms with van der Waals surface area (Å²) in [6, 6.07) is 6.06. The maximum Gasteiger partial charge on any atom is 0.138 e. The highest BCUT2D eigenvalue weighted by molar-refractivity contribution is 9.11. The SMILES string of the molecule is C=C(Br)COc1ccc(C(C)NC)cc1Cl. The highest BCUT2D eigenvalue weighted by atomic mass is 79.9. The van der Waals surface area contributed by atoms with Gasteiger partial charge >= 0.3 is 0 Å². The van der Waals surface area contributed by atoms with Gasteiger partial charge in [-0.1, -0.05) is 40.2 Å². The van der Waals surface area contributed by atoms with Crippen LogP contribution < -0.4 is 10.1 Å². The summed E-state index contributed by atoms with van der Waals surface area (Å²) >= 11 is 9.35. The van der Waals surface area contributed by atoms with Crippen molar-refractivity contribution in [2.75, 3.05) is 13.7 Å². The first-order chi connectivity index (χ1) is 7.54. The zero-order valence-electron chi connectivity index (χ0n) is 9.39. The molecule has 0 aromatic heterocycles. The summed E-state index contributed by atoms with van der Waals surface area (Å²) in [6.07, 6.45) is 0. The third-order valence-electron chi connectivity index (χ3n) is 2.27. The van der Waals surface area contributed by atoms with E-state index < -0.39 is 0 Å². The van der Waals surface area contributed by atoms with Crippen LogP contribution in [0.5, 0.6) is 5.75 Å². The number of hydrogen-bond donors (Lipinski definition) is 1. The van der Waals surface area contributed by atoms with Crippen LogP contribution in [-0.4, -0.2) is 13.7 Å². The van der Waals surface area contributed by atoms with Crippen molar-refractivity contribution in [3.8, 4) is 5.75 Å². The third kappa shape index (κ3) is 3.81. The molecule has 0 bridgehead atoms. The maximum atomic E-state index is 6.12. The fourth-order valence-corrected chi connectivity index (χ4v) is 1.58. The van der Waals surface area contributed by atoms with Crippen molar-refractivity contribution >= 4 is 27.5 Å². The minimum Gasteiger partial charge on any atom is -0.487 e. The Bertz CT molecular complexity index is 381. The summed E-state index contributed by atoms with van der Waals surface area (Å²) in [5, 5.41) is 3.78. The van der Waals surface area contributed by atoms with Crippen molar-refractivity contribution < 1.29 is 4.74 Å². The lowest BCUT2D eigenvalue weighted by atomic mass is 10.1. The minimum atomic E-state index is 0.276. The van der Waals surface area contributed by atoms with Gasteiger partial charge < -0.3 is 10.1 Å². The number of hydrogen-bond acceptors (Lipinski definition) is 2. The molecule has 0 heterocycles. The number of rotatable bonds is 5. The minimum absolute atomic E-state index is 0.276. The highest BCUT2D eigenvalue weighted by Gasteiger charge is 2.07. The average molecular weight is 305 g/mol. The van der Waals surface area contributed by atoms with Gasteiger partial charge in [-0.05, 0) is 31.7 Å². The van der Waals surface area contributed by atoms with Gasteiger partial charge in [0.2, 0.25) is 0 Å². The van der Waals surface area contributed by atoms with Crippen LogP contribution in [0.15, 0.2) is 29.3 Å². The van der Waals surface area contributed by atoms with Crippen molar-refractivity contribution in [1.82, 2.24) is 5.32 Å². The number of benzene rings is 1. The predicted molar refractivity (Wildman–Crippen MR) is 72.5 cm³/mol. The molecule has 1 aromatic carbocycles. The van der Waals surface area contributed by atoms with Gasteiger partial charge in [0.25, 0.3) is 0 Å². The van der Waals surface area contributed by atoms with Crippen LogP contribution >= 0.6 is 27.5 Å². The van der Waals surface area contributed by atoms with E-state index in [-0.39, 0.29) is 6.04 Å². The largest absolute Gasteiger partial charge is 0.487 e. The maximum absolute atomic E-state index is 6.12. The van der Waals surface area contributed by atoms with Crippen LogP contribution in [0.25, 0.3) is 0 Å². The van der Waals surface area contributed by atoms with Crippen LogP contribution in [0.2, 0.25) is 5.02 Å². The first-order valence-electron chi connectivity index (χ1n) is 4.97. The Hall–Kier alpha value is -0.510. The van der Waals surface area contributed by atoms with Crippen LogP contribution in [0.4, 0.5) is 0 Å². The molecule has 1 aromatic rings. The lowest BCUT2D eigenvalue weighted by Gasteiger charge is -2.13. The van der Waals surface area contributed by atoms with Gasteiger partial charge in [-0.15, -0.1) is 0 Å². The van der Waals surface area contributed by atoms with E-state index in [4.69, 9.17) is 16.3 Å². The topological polar surface area (TPSA) is 21.3 Å². The molecule has 2 nitrogen and oxygen atoms in total. The Balaban J connectivity index is 2.79. The molecule has 0 saturated carbocycles. The van der Waals surface area contributed by atoms with E-state index in [1.807, 2.05) is 25.2 Å². The molecule has 0 amide bonds. The third-order valence-corrected chi connectivity index (χ3v) is 2.80. The van der Waals surface area contributed by atoms with Crippen molar-refractivity contribution in [2.24, 2.45) is 0 Å². The van der Waals surface area contributed by atoms with Gasteiger partial charge in [0.1, 0.15) is 12.4 Å². The standard InChI is InChI=1S/C12H15BrClNO/c1-8(13)7-16-12-5-4-10(6-11(12)14)9(2)15-3/h4-6,9,15H,1,7H2,2-3H3. The average Bonchev–Trinajstić information content (AvgIpc) is 2.26. The Morgan fingerprint density at radius 1 is 1.62 bits per heavy atom. The Morgan fingerprint density at radius 3 is 2.81 bits per heavy atom. The molecule has 1 atom stereocenters.